The number of carbonyl (C=O) groups excluding carboxylic acids is 2. The van der Waals surface area contributed by atoms with E-state index in [9.17, 15) is 14.0 Å². The maximum atomic E-state index is 13.8. The molecule has 28 heavy (non-hydrogen) atoms. The molecule has 1 saturated heterocycles. The van der Waals surface area contributed by atoms with Crippen LogP contribution >= 0.6 is 11.6 Å². The number of carbonyl (C=O) groups is 2. The summed E-state index contributed by atoms with van der Waals surface area (Å²) in [6.45, 7) is 4.15. The molecule has 2 aromatic carbocycles. The largest absolute Gasteiger partial charge is 0.379 e. The van der Waals surface area contributed by atoms with Gasteiger partial charge in [0.2, 0.25) is 0 Å². The first-order chi connectivity index (χ1) is 13.6. The molecule has 8 heteroatoms. The van der Waals surface area contributed by atoms with Gasteiger partial charge in [0.15, 0.2) is 0 Å². The predicted octanol–water partition coefficient (Wildman–Crippen LogP) is 2.79. The fourth-order valence-corrected chi connectivity index (χ4v) is 3.20. The molecule has 1 fully saturated rings. The van der Waals surface area contributed by atoms with Crippen molar-refractivity contribution in [2.24, 2.45) is 0 Å². The van der Waals surface area contributed by atoms with Gasteiger partial charge in [0.1, 0.15) is 5.82 Å². The highest BCUT2D eigenvalue weighted by molar-refractivity contribution is 6.35. The smallest absolute Gasteiger partial charge is 0.258 e. The molecule has 0 bridgehead atoms. The van der Waals surface area contributed by atoms with Gasteiger partial charge in [-0.3, -0.25) is 14.5 Å². The van der Waals surface area contributed by atoms with E-state index in [4.69, 9.17) is 16.3 Å². The van der Waals surface area contributed by atoms with E-state index in [0.29, 0.717) is 26.3 Å². The molecule has 0 atom stereocenters. The SMILES string of the molecule is O=C(Nc1cccc(Cl)c1C(=O)NCCN1CCOCC1)c1ccccc1F. The Labute approximate surface area is 167 Å². The van der Waals surface area contributed by atoms with Gasteiger partial charge in [0.05, 0.1) is 35.1 Å². The maximum absolute atomic E-state index is 13.8. The van der Waals surface area contributed by atoms with Crippen molar-refractivity contribution in [2.75, 3.05) is 44.7 Å². The van der Waals surface area contributed by atoms with Gasteiger partial charge in [0.25, 0.3) is 11.8 Å². The summed E-state index contributed by atoms with van der Waals surface area (Å²) in [6.07, 6.45) is 0. The van der Waals surface area contributed by atoms with Crippen molar-refractivity contribution in [1.29, 1.82) is 0 Å². The minimum Gasteiger partial charge on any atom is -0.379 e. The Morgan fingerprint density at radius 2 is 1.82 bits per heavy atom. The zero-order valence-corrected chi connectivity index (χ0v) is 16.0. The molecule has 0 saturated carbocycles. The minimum atomic E-state index is -0.650. The average Bonchev–Trinajstić information content (AvgIpc) is 2.69. The van der Waals surface area contributed by atoms with Gasteiger partial charge < -0.3 is 15.4 Å². The van der Waals surface area contributed by atoms with Gasteiger partial charge in [-0.2, -0.15) is 0 Å². The molecule has 0 aliphatic carbocycles. The second-order valence-corrected chi connectivity index (χ2v) is 6.71. The minimum absolute atomic E-state index is 0.110. The van der Waals surface area contributed by atoms with Crippen molar-refractivity contribution in [3.63, 3.8) is 0 Å². The number of rotatable bonds is 6. The third-order valence-electron chi connectivity index (χ3n) is 4.42. The van der Waals surface area contributed by atoms with Gasteiger partial charge >= 0.3 is 0 Å². The Morgan fingerprint density at radius 3 is 2.57 bits per heavy atom. The van der Waals surface area contributed by atoms with Gasteiger partial charge in [-0.1, -0.05) is 29.8 Å². The van der Waals surface area contributed by atoms with Crippen LogP contribution in [-0.4, -0.2) is 56.1 Å². The summed E-state index contributed by atoms with van der Waals surface area (Å²) in [5.41, 5.74) is 0.265. The molecule has 0 unspecified atom stereocenters. The molecule has 2 aromatic rings. The van der Waals surface area contributed by atoms with Gasteiger partial charge in [0, 0.05) is 26.2 Å². The molecule has 2 N–H and O–H groups in total. The fourth-order valence-electron chi connectivity index (χ4n) is 2.93. The van der Waals surface area contributed by atoms with Crippen molar-refractivity contribution in [2.45, 2.75) is 0 Å². The summed E-state index contributed by atoms with van der Waals surface area (Å²) in [5, 5.41) is 5.60. The van der Waals surface area contributed by atoms with Crippen molar-refractivity contribution < 1.29 is 18.7 Å². The molecule has 148 valence electrons. The highest BCUT2D eigenvalue weighted by Crippen LogP contribution is 2.25. The quantitative estimate of drug-likeness (QED) is 0.775. The Balaban J connectivity index is 1.68. The molecular weight excluding hydrogens is 385 g/mol. The van der Waals surface area contributed by atoms with Crippen molar-refractivity contribution in [3.8, 4) is 0 Å². The van der Waals surface area contributed by atoms with Crippen LogP contribution in [0.5, 0.6) is 0 Å². The van der Waals surface area contributed by atoms with Crippen LogP contribution in [0.2, 0.25) is 5.02 Å². The standard InChI is InChI=1S/C20H21ClFN3O3/c21-15-5-3-7-17(24-19(26)14-4-1-2-6-16(14)22)18(15)20(27)23-8-9-25-10-12-28-13-11-25/h1-7H,8-13H2,(H,23,27)(H,24,26). The van der Waals surface area contributed by atoms with Crippen LogP contribution < -0.4 is 10.6 Å². The van der Waals surface area contributed by atoms with E-state index in [1.807, 2.05) is 0 Å². The molecule has 0 spiro atoms. The third kappa shape index (κ3) is 5.07. The lowest BCUT2D eigenvalue weighted by Crippen LogP contribution is -2.41. The van der Waals surface area contributed by atoms with E-state index in [2.05, 4.69) is 15.5 Å². The van der Waals surface area contributed by atoms with Crippen molar-refractivity contribution in [3.05, 3.63) is 64.4 Å². The van der Waals surface area contributed by atoms with Crippen LogP contribution in [0.3, 0.4) is 0 Å². The topological polar surface area (TPSA) is 70.7 Å². The number of benzene rings is 2. The van der Waals surface area contributed by atoms with E-state index in [0.717, 1.165) is 13.1 Å². The van der Waals surface area contributed by atoms with Crippen LogP contribution in [0.1, 0.15) is 20.7 Å². The van der Waals surface area contributed by atoms with Crippen LogP contribution in [0, 0.1) is 5.82 Å². The average molecular weight is 406 g/mol. The molecule has 6 nitrogen and oxygen atoms in total. The first-order valence-electron chi connectivity index (χ1n) is 8.99. The molecule has 0 aromatic heterocycles. The van der Waals surface area contributed by atoms with E-state index >= 15 is 0 Å². The molecule has 1 aliphatic heterocycles. The second-order valence-electron chi connectivity index (χ2n) is 6.31. The number of hydrogen-bond donors (Lipinski definition) is 2. The maximum Gasteiger partial charge on any atom is 0.258 e. The summed E-state index contributed by atoms with van der Waals surface area (Å²) >= 11 is 6.20. The van der Waals surface area contributed by atoms with E-state index in [1.54, 1.807) is 24.3 Å². The Morgan fingerprint density at radius 1 is 1.07 bits per heavy atom. The molecular formula is C20H21ClFN3O3. The first kappa shape index (κ1) is 20.3. The van der Waals surface area contributed by atoms with Crippen molar-refractivity contribution in [1.82, 2.24) is 10.2 Å². The van der Waals surface area contributed by atoms with Gasteiger partial charge in [-0.05, 0) is 24.3 Å². The summed E-state index contributed by atoms with van der Waals surface area (Å²) in [5.74, 6) is -1.69. The van der Waals surface area contributed by atoms with E-state index < -0.39 is 17.6 Å². The van der Waals surface area contributed by atoms with E-state index in [-0.39, 0.29) is 21.8 Å². The molecule has 1 heterocycles. The van der Waals surface area contributed by atoms with Gasteiger partial charge in [-0.25, -0.2) is 4.39 Å². The highest BCUT2D eigenvalue weighted by Gasteiger charge is 2.19. The third-order valence-corrected chi connectivity index (χ3v) is 4.74. The number of ether oxygens (including phenoxy) is 1. The van der Waals surface area contributed by atoms with Crippen LogP contribution in [0.4, 0.5) is 10.1 Å². The Hall–Kier alpha value is -2.48. The zero-order chi connectivity index (χ0) is 19.9. The number of nitrogens with zero attached hydrogens (tertiary/aromatic N) is 1. The lowest BCUT2D eigenvalue weighted by atomic mass is 10.1. The highest BCUT2D eigenvalue weighted by atomic mass is 35.5. The second kappa shape index (κ2) is 9.64. The van der Waals surface area contributed by atoms with Crippen LogP contribution in [0.25, 0.3) is 0 Å². The molecule has 3 rings (SSSR count). The van der Waals surface area contributed by atoms with Crippen LogP contribution in [0.15, 0.2) is 42.5 Å². The van der Waals surface area contributed by atoms with Crippen LogP contribution in [-0.2, 0) is 4.74 Å². The monoisotopic (exact) mass is 405 g/mol. The molecule has 2 amide bonds. The summed E-state index contributed by atoms with van der Waals surface area (Å²) in [7, 11) is 0. The van der Waals surface area contributed by atoms with Crippen molar-refractivity contribution >= 4 is 29.1 Å². The predicted molar refractivity (Wildman–Crippen MR) is 105 cm³/mol. The molecule has 0 radical (unpaired) electrons. The fraction of sp³-hybridized carbons (Fsp3) is 0.300. The lowest BCUT2D eigenvalue weighted by Gasteiger charge is -2.26. The number of halogens is 2. The number of amides is 2. The number of hydrogen-bond acceptors (Lipinski definition) is 4. The lowest BCUT2D eigenvalue weighted by molar-refractivity contribution is 0.0383. The summed E-state index contributed by atoms with van der Waals surface area (Å²) in [6, 6.07) is 10.4. The normalized spacial score (nSPS) is 14.5. The first-order valence-corrected chi connectivity index (χ1v) is 9.37. The Kier molecular flexibility index (Phi) is 6.97. The number of nitrogens with one attached hydrogen (secondary N) is 2. The summed E-state index contributed by atoms with van der Waals surface area (Å²) in [4.78, 5) is 27.2. The number of anilines is 1. The zero-order valence-electron chi connectivity index (χ0n) is 15.2. The Bertz CT molecular complexity index is 856. The molecule has 1 aliphatic rings. The van der Waals surface area contributed by atoms with Gasteiger partial charge in [-0.15, -0.1) is 0 Å². The summed E-state index contributed by atoms with van der Waals surface area (Å²) < 4.78 is 19.1. The number of morpholine rings is 1. The van der Waals surface area contributed by atoms with E-state index in [1.165, 1.54) is 18.2 Å².